The summed E-state index contributed by atoms with van der Waals surface area (Å²) in [5, 5.41) is 11.3. The van der Waals surface area contributed by atoms with E-state index in [1.807, 2.05) is 0 Å². The van der Waals surface area contributed by atoms with Gasteiger partial charge in [-0.25, -0.2) is 0 Å². The van der Waals surface area contributed by atoms with Crippen molar-refractivity contribution in [3.8, 4) is 0 Å². The molecule has 6 heteroatoms. The third-order valence-electron chi connectivity index (χ3n) is 2.88. The second-order valence-electron chi connectivity index (χ2n) is 4.41. The lowest BCUT2D eigenvalue weighted by atomic mass is 10.2. The van der Waals surface area contributed by atoms with Gasteiger partial charge >= 0.3 is 0 Å². The monoisotopic (exact) mass is 258 g/mol. The van der Waals surface area contributed by atoms with E-state index in [1.165, 1.54) is 0 Å². The average molecular weight is 258 g/mol. The molecule has 0 spiro atoms. The summed E-state index contributed by atoms with van der Waals surface area (Å²) in [5.74, 6) is -0.202. The van der Waals surface area contributed by atoms with Crippen molar-refractivity contribution in [1.29, 1.82) is 0 Å². The number of hydrogen-bond donors (Lipinski definition) is 2. The molecule has 6 nitrogen and oxygen atoms in total. The Kier molecular flexibility index (Phi) is 6.67. The van der Waals surface area contributed by atoms with Gasteiger partial charge in [0, 0.05) is 26.1 Å². The first-order valence-corrected chi connectivity index (χ1v) is 6.42. The Bertz CT molecular complexity index is 277. The Morgan fingerprint density at radius 1 is 1.33 bits per heavy atom. The van der Waals surface area contributed by atoms with Crippen LogP contribution in [-0.4, -0.2) is 60.8 Å². The molecule has 0 aromatic carbocycles. The highest BCUT2D eigenvalue weighted by Gasteiger charge is 2.23. The van der Waals surface area contributed by atoms with E-state index in [4.69, 9.17) is 9.84 Å². The normalized spacial score (nSPS) is 17.3. The number of aliphatic hydroxyl groups is 1. The van der Waals surface area contributed by atoms with Crippen molar-refractivity contribution < 1.29 is 19.4 Å². The standard InChI is InChI=1S/C12H22N2O4/c1-10(13-11(16)4-2-3-7-15)12(17)14-5-8-18-9-6-14/h10,15H,2-9H2,1H3,(H,13,16). The number of carbonyl (C=O) groups is 2. The Hall–Kier alpha value is -1.14. The minimum absolute atomic E-state index is 0.0613. The third kappa shape index (κ3) is 5.01. The molecule has 104 valence electrons. The third-order valence-corrected chi connectivity index (χ3v) is 2.88. The maximum atomic E-state index is 12.0. The van der Waals surface area contributed by atoms with Crippen LogP contribution in [0.25, 0.3) is 0 Å². The summed E-state index contributed by atoms with van der Waals surface area (Å²) in [6.45, 7) is 4.08. The number of ether oxygens (including phenoxy) is 1. The average Bonchev–Trinajstić information content (AvgIpc) is 2.39. The minimum Gasteiger partial charge on any atom is -0.396 e. The van der Waals surface area contributed by atoms with Gasteiger partial charge in [-0.1, -0.05) is 0 Å². The van der Waals surface area contributed by atoms with Crippen LogP contribution in [0.1, 0.15) is 26.2 Å². The van der Waals surface area contributed by atoms with Gasteiger partial charge in [-0.3, -0.25) is 9.59 Å². The lowest BCUT2D eigenvalue weighted by molar-refractivity contribution is -0.139. The van der Waals surface area contributed by atoms with E-state index >= 15 is 0 Å². The SMILES string of the molecule is CC(NC(=O)CCCCO)C(=O)N1CCOCC1. The van der Waals surface area contributed by atoms with Gasteiger partial charge in [0.2, 0.25) is 11.8 Å². The summed E-state index contributed by atoms with van der Waals surface area (Å²) >= 11 is 0. The molecule has 18 heavy (non-hydrogen) atoms. The molecule has 2 N–H and O–H groups in total. The van der Waals surface area contributed by atoms with Crippen LogP contribution in [0.2, 0.25) is 0 Å². The van der Waals surface area contributed by atoms with Gasteiger partial charge in [-0.2, -0.15) is 0 Å². The van der Waals surface area contributed by atoms with E-state index in [0.29, 0.717) is 45.6 Å². The number of unbranched alkanes of at least 4 members (excludes halogenated alkanes) is 1. The summed E-state index contributed by atoms with van der Waals surface area (Å²) in [7, 11) is 0. The van der Waals surface area contributed by atoms with Crippen LogP contribution < -0.4 is 5.32 Å². The van der Waals surface area contributed by atoms with Crippen molar-refractivity contribution in [3.05, 3.63) is 0 Å². The fraction of sp³-hybridized carbons (Fsp3) is 0.833. The first kappa shape index (κ1) is 14.9. The highest BCUT2D eigenvalue weighted by molar-refractivity contribution is 5.87. The number of carbonyl (C=O) groups excluding carboxylic acids is 2. The van der Waals surface area contributed by atoms with Crippen molar-refractivity contribution in [3.63, 3.8) is 0 Å². The van der Waals surface area contributed by atoms with Crippen LogP contribution >= 0.6 is 0 Å². The molecule has 0 aromatic rings. The molecule has 1 aliphatic heterocycles. The fourth-order valence-electron chi connectivity index (χ4n) is 1.83. The summed E-state index contributed by atoms with van der Waals surface area (Å²) in [4.78, 5) is 25.2. The molecule has 0 aliphatic carbocycles. The second-order valence-corrected chi connectivity index (χ2v) is 4.41. The Morgan fingerprint density at radius 3 is 2.61 bits per heavy atom. The number of nitrogens with one attached hydrogen (secondary N) is 1. The van der Waals surface area contributed by atoms with Crippen molar-refractivity contribution in [2.45, 2.75) is 32.2 Å². The summed E-state index contributed by atoms with van der Waals surface area (Å²) in [6.07, 6.45) is 1.60. The number of hydrogen-bond acceptors (Lipinski definition) is 4. The molecule has 1 fully saturated rings. The predicted molar refractivity (Wildman–Crippen MR) is 65.9 cm³/mol. The van der Waals surface area contributed by atoms with Gasteiger partial charge in [0.05, 0.1) is 13.2 Å². The van der Waals surface area contributed by atoms with Gasteiger partial charge in [-0.05, 0) is 19.8 Å². The van der Waals surface area contributed by atoms with E-state index in [-0.39, 0.29) is 18.4 Å². The van der Waals surface area contributed by atoms with E-state index in [1.54, 1.807) is 11.8 Å². The van der Waals surface area contributed by atoms with Crippen LogP contribution in [-0.2, 0) is 14.3 Å². The van der Waals surface area contributed by atoms with E-state index in [0.717, 1.165) is 0 Å². The molecular formula is C12H22N2O4. The van der Waals surface area contributed by atoms with Crippen LogP contribution in [0, 0.1) is 0 Å². The maximum Gasteiger partial charge on any atom is 0.245 e. The molecule has 1 rings (SSSR count). The highest BCUT2D eigenvalue weighted by Crippen LogP contribution is 2.01. The molecule has 1 unspecified atom stereocenters. The lowest BCUT2D eigenvalue weighted by Gasteiger charge is -2.29. The topological polar surface area (TPSA) is 78.9 Å². The van der Waals surface area contributed by atoms with Crippen molar-refractivity contribution in [2.75, 3.05) is 32.9 Å². The quantitative estimate of drug-likeness (QED) is 0.630. The lowest BCUT2D eigenvalue weighted by Crippen LogP contribution is -2.50. The Morgan fingerprint density at radius 2 is 2.00 bits per heavy atom. The van der Waals surface area contributed by atoms with Crippen molar-refractivity contribution in [1.82, 2.24) is 10.2 Å². The minimum atomic E-state index is -0.496. The Labute approximate surface area is 107 Å². The number of morpholine rings is 1. The fourth-order valence-corrected chi connectivity index (χ4v) is 1.83. The van der Waals surface area contributed by atoms with Crippen LogP contribution in [0.15, 0.2) is 0 Å². The molecule has 0 radical (unpaired) electrons. The van der Waals surface area contributed by atoms with Gasteiger partial charge in [0.15, 0.2) is 0 Å². The van der Waals surface area contributed by atoms with Crippen LogP contribution in [0.5, 0.6) is 0 Å². The predicted octanol–water partition coefficient (Wildman–Crippen LogP) is -0.487. The van der Waals surface area contributed by atoms with Gasteiger partial charge < -0.3 is 20.1 Å². The second kappa shape index (κ2) is 8.05. The molecule has 1 aliphatic rings. The molecule has 0 bridgehead atoms. The van der Waals surface area contributed by atoms with Crippen LogP contribution in [0.3, 0.4) is 0 Å². The van der Waals surface area contributed by atoms with Crippen molar-refractivity contribution in [2.24, 2.45) is 0 Å². The largest absolute Gasteiger partial charge is 0.396 e. The smallest absolute Gasteiger partial charge is 0.245 e. The molecule has 0 aromatic heterocycles. The van der Waals surface area contributed by atoms with Gasteiger partial charge in [-0.15, -0.1) is 0 Å². The number of nitrogens with zero attached hydrogens (tertiary/aromatic N) is 1. The summed E-state index contributed by atoms with van der Waals surface area (Å²) in [5.41, 5.74) is 0. The van der Waals surface area contributed by atoms with E-state index in [2.05, 4.69) is 5.32 Å². The number of amides is 2. The maximum absolute atomic E-state index is 12.0. The summed E-state index contributed by atoms with van der Waals surface area (Å²) < 4.78 is 5.17. The van der Waals surface area contributed by atoms with Gasteiger partial charge in [0.1, 0.15) is 6.04 Å². The van der Waals surface area contributed by atoms with Crippen molar-refractivity contribution >= 4 is 11.8 Å². The van der Waals surface area contributed by atoms with E-state index in [9.17, 15) is 9.59 Å². The number of rotatable bonds is 6. The molecule has 1 heterocycles. The summed E-state index contributed by atoms with van der Waals surface area (Å²) in [6, 6.07) is -0.496. The molecule has 0 saturated carbocycles. The zero-order valence-corrected chi connectivity index (χ0v) is 10.9. The molecule has 1 saturated heterocycles. The van der Waals surface area contributed by atoms with E-state index < -0.39 is 6.04 Å². The van der Waals surface area contributed by atoms with Gasteiger partial charge in [0.25, 0.3) is 0 Å². The molecule has 2 amide bonds. The first-order valence-electron chi connectivity index (χ1n) is 6.42. The zero-order chi connectivity index (χ0) is 13.4. The molecular weight excluding hydrogens is 236 g/mol. The number of aliphatic hydroxyl groups excluding tert-OH is 1. The Balaban J connectivity index is 2.27. The zero-order valence-electron chi connectivity index (χ0n) is 10.9. The highest BCUT2D eigenvalue weighted by atomic mass is 16.5. The first-order chi connectivity index (χ1) is 8.65. The molecule has 1 atom stereocenters. The van der Waals surface area contributed by atoms with Crippen LogP contribution in [0.4, 0.5) is 0 Å².